The quantitative estimate of drug-likeness (QED) is 0.611. The standard InChI is InChI=1S/C25H28ClN5O/c1-16(10-18-4-3-5-22(26)12-18)24(32)31-8-6-19(7-9-31)23-13-20(11-17(2)30-23)21-14-28-25(27)29-15-21/h3-5,11-16,19H,6-10H2,1-2H3,(H2,27,28,29)/t16-/m0/s1. The highest BCUT2D eigenvalue weighted by molar-refractivity contribution is 6.30. The lowest BCUT2D eigenvalue weighted by Gasteiger charge is -2.33. The smallest absolute Gasteiger partial charge is 0.225 e. The molecule has 0 aliphatic carbocycles. The molecule has 166 valence electrons. The lowest BCUT2D eigenvalue weighted by molar-refractivity contribution is -0.136. The molecule has 32 heavy (non-hydrogen) atoms. The van der Waals surface area contributed by atoms with Crippen molar-refractivity contribution in [1.82, 2.24) is 19.9 Å². The summed E-state index contributed by atoms with van der Waals surface area (Å²) in [6.45, 7) is 5.50. The molecule has 6 nitrogen and oxygen atoms in total. The van der Waals surface area contributed by atoms with Crippen molar-refractivity contribution in [3.8, 4) is 11.1 Å². The van der Waals surface area contributed by atoms with E-state index in [1.54, 1.807) is 12.4 Å². The van der Waals surface area contributed by atoms with Gasteiger partial charge < -0.3 is 10.6 Å². The van der Waals surface area contributed by atoms with Crippen molar-refractivity contribution in [1.29, 1.82) is 0 Å². The average Bonchev–Trinajstić information content (AvgIpc) is 2.79. The SMILES string of the molecule is Cc1cc(-c2cnc(N)nc2)cc(C2CCN(C(=O)[C@@H](C)Cc3cccc(Cl)c3)CC2)n1. The molecule has 3 aromatic rings. The molecule has 0 spiro atoms. The minimum atomic E-state index is -0.0702. The molecule has 1 fully saturated rings. The highest BCUT2D eigenvalue weighted by atomic mass is 35.5. The molecule has 1 aromatic carbocycles. The molecular weight excluding hydrogens is 422 g/mol. The number of amides is 1. The number of aromatic nitrogens is 3. The van der Waals surface area contributed by atoms with Crippen LogP contribution in [0.1, 0.15) is 42.6 Å². The number of nitrogens with two attached hydrogens (primary N) is 1. The molecule has 1 atom stereocenters. The van der Waals surface area contributed by atoms with Crippen molar-refractivity contribution >= 4 is 23.5 Å². The van der Waals surface area contributed by atoms with Crippen molar-refractivity contribution in [2.75, 3.05) is 18.8 Å². The second kappa shape index (κ2) is 9.65. The van der Waals surface area contributed by atoms with Crippen LogP contribution in [-0.4, -0.2) is 38.8 Å². The monoisotopic (exact) mass is 449 g/mol. The maximum absolute atomic E-state index is 13.0. The van der Waals surface area contributed by atoms with E-state index in [0.717, 1.165) is 54.0 Å². The second-order valence-corrected chi connectivity index (χ2v) is 9.02. The maximum Gasteiger partial charge on any atom is 0.225 e. The van der Waals surface area contributed by atoms with Gasteiger partial charge in [-0.15, -0.1) is 0 Å². The van der Waals surface area contributed by atoms with E-state index in [1.165, 1.54) is 0 Å². The number of hydrogen-bond donors (Lipinski definition) is 1. The molecule has 2 N–H and O–H groups in total. The molecule has 1 aliphatic heterocycles. The fourth-order valence-corrected chi connectivity index (χ4v) is 4.58. The molecular formula is C25H28ClN5O. The van der Waals surface area contributed by atoms with Gasteiger partial charge in [0.1, 0.15) is 0 Å². The highest BCUT2D eigenvalue weighted by Gasteiger charge is 2.27. The van der Waals surface area contributed by atoms with Crippen LogP contribution in [0, 0.1) is 12.8 Å². The van der Waals surface area contributed by atoms with E-state index in [2.05, 4.69) is 16.0 Å². The topological polar surface area (TPSA) is 85.0 Å². The molecule has 1 saturated heterocycles. The highest BCUT2D eigenvalue weighted by Crippen LogP contribution is 2.31. The molecule has 7 heteroatoms. The van der Waals surface area contributed by atoms with Crippen LogP contribution in [0.3, 0.4) is 0 Å². The van der Waals surface area contributed by atoms with Gasteiger partial charge in [-0.2, -0.15) is 0 Å². The van der Waals surface area contributed by atoms with Crippen LogP contribution in [0.15, 0.2) is 48.8 Å². The van der Waals surface area contributed by atoms with Gasteiger partial charge in [-0.1, -0.05) is 30.7 Å². The maximum atomic E-state index is 13.0. The summed E-state index contributed by atoms with van der Waals surface area (Å²) in [4.78, 5) is 28.0. The van der Waals surface area contributed by atoms with Gasteiger partial charge in [0, 0.05) is 59.3 Å². The van der Waals surface area contributed by atoms with E-state index in [1.807, 2.05) is 49.1 Å². The Morgan fingerprint density at radius 1 is 1.16 bits per heavy atom. The Bertz CT molecular complexity index is 1090. The number of carbonyl (C=O) groups excluding carboxylic acids is 1. The van der Waals surface area contributed by atoms with Crippen LogP contribution in [0.4, 0.5) is 5.95 Å². The van der Waals surface area contributed by atoms with Gasteiger partial charge in [-0.05, 0) is 61.6 Å². The van der Waals surface area contributed by atoms with Gasteiger partial charge in [0.2, 0.25) is 11.9 Å². The van der Waals surface area contributed by atoms with E-state index in [0.29, 0.717) is 17.4 Å². The molecule has 0 unspecified atom stereocenters. The second-order valence-electron chi connectivity index (χ2n) is 8.59. The Labute approximate surface area is 193 Å². The Balaban J connectivity index is 1.40. The third-order valence-electron chi connectivity index (χ3n) is 6.06. The van der Waals surface area contributed by atoms with Gasteiger partial charge in [0.05, 0.1) is 0 Å². The van der Waals surface area contributed by atoms with Crippen molar-refractivity contribution in [3.63, 3.8) is 0 Å². The lowest BCUT2D eigenvalue weighted by atomic mass is 9.90. The zero-order chi connectivity index (χ0) is 22.7. The zero-order valence-electron chi connectivity index (χ0n) is 18.5. The third-order valence-corrected chi connectivity index (χ3v) is 6.29. The van der Waals surface area contributed by atoms with Crippen LogP contribution in [0.25, 0.3) is 11.1 Å². The predicted octanol–water partition coefficient (Wildman–Crippen LogP) is 4.67. The summed E-state index contributed by atoms with van der Waals surface area (Å²) in [6.07, 6.45) is 5.99. The van der Waals surface area contributed by atoms with Crippen LogP contribution in [0.5, 0.6) is 0 Å². The first-order chi connectivity index (χ1) is 15.4. The van der Waals surface area contributed by atoms with Gasteiger partial charge in [-0.25, -0.2) is 9.97 Å². The summed E-state index contributed by atoms with van der Waals surface area (Å²) in [5.74, 6) is 0.733. The fourth-order valence-electron chi connectivity index (χ4n) is 4.37. The van der Waals surface area contributed by atoms with Crippen LogP contribution < -0.4 is 5.73 Å². The number of likely N-dealkylation sites (tertiary alicyclic amines) is 1. The van der Waals surface area contributed by atoms with Crippen molar-refractivity contribution in [2.24, 2.45) is 5.92 Å². The average molecular weight is 450 g/mol. The number of hydrogen-bond acceptors (Lipinski definition) is 5. The largest absolute Gasteiger partial charge is 0.368 e. The first kappa shape index (κ1) is 22.2. The third kappa shape index (κ3) is 5.25. The number of aryl methyl sites for hydroxylation is 1. The summed E-state index contributed by atoms with van der Waals surface area (Å²) in [5, 5.41) is 0.707. The van der Waals surface area contributed by atoms with Gasteiger partial charge >= 0.3 is 0 Å². The number of halogens is 1. The minimum absolute atomic E-state index is 0.0702. The lowest BCUT2D eigenvalue weighted by Crippen LogP contribution is -2.41. The summed E-state index contributed by atoms with van der Waals surface area (Å²) in [5.41, 5.74) is 10.7. The molecule has 1 amide bonds. The summed E-state index contributed by atoms with van der Waals surface area (Å²) < 4.78 is 0. The first-order valence-electron chi connectivity index (χ1n) is 11.0. The van der Waals surface area contributed by atoms with E-state index >= 15 is 0 Å². The van der Waals surface area contributed by atoms with Crippen LogP contribution in [-0.2, 0) is 11.2 Å². The first-order valence-corrected chi connectivity index (χ1v) is 11.4. The van der Waals surface area contributed by atoms with E-state index < -0.39 is 0 Å². The number of nitrogens with zero attached hydrogens (tertiary/aromatic N) is 4. The zero-order valence-corrected chi connectivity index (χ0v) is 19.2. The van der Waals surface area contributed by atoms with E-state index in [9.17, 15) is 4.79 Å². The molecule has 0 saturated carbocycles. The molecule has 0 radical (unpaired) electrons. The van der Waals surface area contributed by atoms with Gasteiger partial charge in [-0.3, -0.25) is 9.78 Å². The number of pyridine rings is 1. The normalized spacial score (nSPS) is 15.5. The Kier molecular flexibility index (Phi) is 6.70. The summed E-state index contributed by atoms with van der Waals surface area (Å²) in [6, 6.07) is 11.9. The number of benzene rings is 1. The van der Waals surface area contributed by atoms with Crippen molar-refractivity contribution in [3.05, 3.63) is 70.8 Å². The van der Waals surface area contributed by atoms with Gasteiger partial charge in [0.15, 0.2) is 0 Å². The fraction of sp³-hybridized carbons (Fsp3) is 0.360. The van der Waals surface area contributed by atoms with E-state index in [4.69, 9.17) is 22.3 Å². The minimum Gasteiger partial charge on any atom is -0.368 e. The molecule has 3 heterocycles. The molecule has 2 aromatic heterocycles. The molecule has 4 rings (SSSR count). The predicted molar refractivity (Wildman–Crippen MR) is 127 cm³/mol. The number of carbonyl (C=O) groups is 1. The number of rotatable bonds is 5. The Morgan fingerprint density at radius 3 is 2.56 bits per heavy atom. The van der Waals surface area contributed by atoms with Crippen molar-refractivity contribution in [2.45, 2.75) is 39.0 Å². The van der Waals surface area contributed by atoms with Crippen molar-refractivity contribution < 1.29 is 4.79 Å². The number of anilines is 1. The van der Waals surface area contributed by atoms with Crippen LogP contribution in [0.2, 0.25) is 5.02 Å². The van der Waals surface area contributed by atoms with Gasteiger partial charge in [0.25, 0.3) is 0 Å². The number of piperidine rings is 1. The summed E-state index contributed by atoms with van der Waals surface area (Å²) in [7, 11) is 0. The summed E-state index contributed by atoms with van der Waals surface area (Å²) >= 11 is 6.09. The molecule has 1 aliphatic rings. The Hall–Kier alpha value is -2.99. The van der Waals surface area contributed by atoms with Crippen LogP contribution >= 0.6 is 11.6 Å². The molecule has 0 bridgehead atoms. The van der Waals surface area contributed by atoms with E-state index in [-0.39, 0.29) is 17.8 Å². The Morgan fingerprint density at radius 2 is 1.88 bits per heavy atom. The number of nitrogen functional groups attached to an aromatic ring is 1.